The molecular weight excluding hydrogens is 348 g/mol. The van der Waals surface area contributed by atoms with Crippen LogP contribution in [0.15, 0.2) is 78.9 Å². The van der Waals surface area contributed by atoms with Gasteiger partial charge in [0.25, 0.3) is 0 Å². The molecule has 0 saturated carbocycles. The van der Waals surface area contributed by atoms with Gasteiger partial charge in [0.1, 0.15) is 19.0 Å². The van der Waals surface area contributed by atoms with E-state index in [0.717, 1.165) is 23.3 Å². The lowest BCUT2D eigenvalue weighted by molar-refractivity contribution is 0.0451. The van der Waals surface area contributed by atoms with Gasteiger partial charge in [-0.25, -0.2) is 4.79 Å². The third kappa shape index (κ3) is 5.01. The Kier molecular flexibility index (Phi) is 6.85. The van der Waals surface area contributed by atoms with Gasteiger partial charge < -0.3 is 9.47 Å². The van der Waals surface area contributed by atoms with Crippen molar-refractivity contribution in [1.82, 2.24) is 0 Å². The molecule has 0 bridgehead atoms. The van der Waals surface area contributed by atoms with Crippen LogP contribution in [0.1, 0.15) is 42.1 Å². The molecule has 0 aliphatic carbocycles. The first kappa shape index (κ1) is 19.7. The van der Waals surface area contributed by atoms with Crippen LogP contribution in [0.2, 0.25) is 0 Å². The fourth-order valence-corrected chi connectivity index (χ4v) is 3.00. The van der Waals surface area contributed by atoms with Gasteiger partial charge in [-0.05, 0) is 41.7 Å². The topological polar surface area (TPSA) is 35.5 Å². The molecule has 0 fully saturated rings. The number of rotatable bonds is 8. The van der Waals surface area contributed by atoms with Crippen LogP contribution < -0.4 is 4.74 Å². The van der Waals surface area contributed by atoms with E-state index in [1.54, 1.807) is 0 Å². The first-order chi connectivity index (χ1) is 13.7. The number of para-hydroxylation sites is 1. The van der Waals surface area contributed by atoms with E-state index in [-0.39, 0.29) is 12.6 Å². The predicted octanol–water partition coefficient (Wildman–Crippen LogP) is 6.10. The third-order valence-electron chi connectivity index (χ3n) is 4.87. The van der Waals surface area contributed by atoms with E-state index in [4.69, 9.17) is 9.47 Å². The molecule has 1 unspecified atom stereocenters. The molecule has 144 valence electrons. The Hall–Kier alpha value is -3.07. The molecule has 28 heavy (non-hydrogen) atoms. The van der Waals surface area contributed by atoms with Gasteiger partial charge in [-0.1, -0.05) is 74.5 Å². The van der Waals surface area contributed by atoms with Crippen molar-refractivity contribution < 1.29 is 14.3 Å². The molecule has 0 saturated heterocycles. The summed E-state index contributed by atoms with van der Waals surface area (Å²) in [5.41, 5.74) is 3.92. The highest BCUT2D eigenvalue weighted by Crippen LogP contribution is 2.29. The second-order valence-corrected chi connectivity index (χ2v) is 6.78. The molecule has 3 heteroatoms. The predicted molar refractivity (Wildman–Crippen MR) is 113 cm³/mol. The summed E-state index contributed by atoms with van der Waals surface area (Å²) in [6, 6.07) is 25.6. The molecule has 0 aliphatic heterocycles. The SMILES string of the molecule is CCC(C)c1ccc(C(=O)OCCOc2ccccc2-c2ccccc2)cc1. The number of ether oxygens (including phenoxy) is 2. The molecular formula is C25H26O3. The summed E-state index contributed by atoms with van der Waals surface area (Å²) in [6.45, 7) is 4.84. The van der Waals surface area contributed by atoms with Gasteiger partial charge in [0, 0.05) is 5.56 Å². The van der Waals surface area contributed by atoms with E-state index in [9.17, 15) is 4.79 Å². The smallest absolute Gasteiger partial charge is 0.338 e. The first-order valence-electron chi connectivity index (χ1n) is 9.73. The Bertz CT molecular complexity index is 885. The van der Waals surface area contributed by atoms with Gasteiger partial charge in [0.05, 0.1) is 5.56 Å². The van der Waals surface area contributed by atoms with Crippen LogP contribution in [0.25, 0.3) is 11.1 Å². The van der Waals surface area contributed by atoms with E-state index in [1.165, 1.54) is 5.56 Å². The van der Waals surface area contributed by atoms with E-state index in [0.29, 0.717) is 18.1 Å². The van der Waals surface area contributed by atoms with Crippen molar-refractivity contribution in [2.75, 3.05) is 13.2 Å². The van der Waals surface area contributed by atoms with Crippen molar-refractivity contribution >= 4 is 5.97 Å². The van der Waals surface area contributed by atoms with Gasteiger partial charge in [-0.15, -0.1) is 0 Å². The summed E-state index contributed by atoms with van der Waals surface area (Å²) in [5.74, 6) is 0.946. The van der Waals surface area contributed by atoms with Crippen LogP contribution in [-0.2, 0) is 4.74 Å². The molecule has 0 radical (unpaired) electrons. The highest BCUT2D eigenvalue weighted by molar-refractivity contribution is 5.89. The minimum Gasteiger partial charge on any atom is -0.489 e. The molecule has 3 nitrogen and oxygen atoms in total. The van der Waals surface area contributed by atoms with Crippen molar-refractivity contribution in [3.8, 4) is 16.9 Å². The lowest BCUT2D eigenvalue weighted by Gasteiger charge is -2.12. The molecule has 3 aromatic carbocycles. The zero-order valence-corrected chi connectivity index (χ0v) is 16.4. The fraction of sp³-hybridized carbons (Fsp3) is 0.240. The molecule has 3 aromatic rings. The number of esters is 1. The first-order valence-corrected chi connectivity index (χ1v) is 9.73. The van der Waals surface area contributed by atoms with Gasteiger partial charge in [0.15, 0.2) is 0 Å². The van der Waals surface area contributed by atoms with Crippen LogP contribution in [-0.4, -0.2) is 19.2 Å². The quantitative estimate of drug-likeness (QED) is 0.353. The molecule has 0 heterocycles. The number of carbonyl (C=O) groups excluding carboxylic acids is 1. The van der Waals surface area contributed by atoms with E-state index in [2.05, 4.69) is 13.8 Å². The maximum Gasteiger partial charge on any atom is 0.338 e. The summed E-state index contributed by atoms with van der Waals surface area (Å²) in [6.07, 6.45) is 1.07. The minimum atomic E-state index is -0.323. The van der Waals surface area contributed by atoms with Crippen LogP contribution in [0.4, 0.5) is 0 Å². The minimum absolute atomic E-state index is 0.203. The molecule has 0 spiro atoms. The monoisotopic (exact) mass is 374 g/mol. The Morgan fingerprint density at radius 3 is 2.25 bits per heavy atom. The number of carbonyl (C=O) groups is 1. The molecule has 3 rings (SSSR count). The average Bonchev–Trinajstić information content (AvgIpc) is 2.77. The van der Waals surface area contributed by atoms with E-state index >= 15 is 0 Å². The van der Waals surface area contributed by atoms with Crippen molar-refractivity contribution in [2.24, 2.45) is 0 Å². The molecule has 0 aliphatic rings. The third-order valence-corrected chi connectivity index (χ3v) is 4.87. The average molecular weight is 374 g/mol. The number of benzene rings is 3. The lowest BCUT2D eigenvalue weighted by Crippen LogP contribution is -2.12. The zero-order chi connectivity index (χ0) is 19.8. The van der Waals surface area contributed by atoms with Crippen molar-refractivity contribution in [1.29, 1.82) is 0 Å². The maximum atomic E-state index is 12.2. The van der Waals surface area contributed by atoms with Crippen LogP contribution >= 0.6 is 0 Å². The number of hydrogen-bond donors (Lipinski definition) is 0. The molecule has 1 atom stereocenters. The van der Waals surface area contributed by atoms with Crippen molar-refractivity contribution in [2.45, 2.75) is 26.2 Å². The van der Waals surface area contributed by atoms with E-state index in [1.807, 2.05) is 78.9 Å². The molecule has 0 aromatic heterocycles. The Morgan fingerprint density at radius 1 is 0.857 bits per heavy atom. The highest BCUT2D eigenvalue weighted by atomic mass is 16.6. The summed E-state index contributed by atoms with van der Waals surface area (Å²) < 4.78 is 11.2. The van der Waals surface area contributed by atoms with Gasteiger partial charge in [0.2, 0.25) is 0 Å². The van der Waals surface area contributed by atoms with Gasteiger partial charge in [-0.3, -0.25) is 0 Å². The second-order valence-electron chi connectivity index (χ2n) is 6.78. The van der Waals surface area contributed by atoms with Crippen LogP contribution in [0.3, 0.4) is 0 Å². The maximum absolute atomic E-state index is 12.2. The second kappa shape index (κ2) is 9.75. The van der Waals surface area contributed by atoms with Crippen LogP contribution in [0, 0.1) is 0 Å². The van der Waals surface area contributed by atoms with Crippen molar-refractivity contribution in [3.05, 3.63) is 90.0 Å². The lowest BCUT2D eigenvalue weighted by atomic mass is 9.98. The summed E-state index contributed by atoms with van der Waals surface area (Å²) in [5, 5.41) is 0. The highest BCUT2D eigenvalue weighted by Gasteiger charge is 2.10. The van der Waals surface area contributed by atoms with Crippen LogP contribution in [0.5, 0.6) is 5.75 Å². The fourth-order valence-electron chi connectivity index (χ4n) is 3.00. The number of hydrogen-bond acceptors (Lipinski definition) is 3. The largest absolute Gasteiger partial charge is 0.489 e. The van der Waals surface area contributed by atoms with Gasteiger partial charge >= 0.3 is 5.97 Å². The summed E-state index contributed by atoms with van der Waals surface area (Å²) in [7, 11) is 0. The standard InChI is InChI=1S/C25H26O3/c1-3-19(2)20-13-15-22(16-14-20)25(26)28-18-17-27-24-12-8-7-11-23(24)21-9-5-4-6-10-21/h4-16,19H,3,17-18H2,1-2H3. The Labute approximate surface area is 166 Å². The van der Waals surface area contributed by atoms with Gasteiger partial charge in [-0.2, -0.15) is 0 Å². The Balaban J connectivity index is 1.53. The zero-order valence-electron chi connectivity index (χ0n) is 16.4. The normalized spacial score (nSPS) is 11.6. The van der Waals surface area contributed by atoms with E-state index < -0.39 is 0 Å². The van der Waals surface area contributed by atoms with Crippen molar-refractivity contribution in [3.63, 3.8) is 0 Å². The molecule has 0 N–H and O–H groups in total. The Morgan fingerprint density at radius 2 is 1.54 bits per heavy atom. The molecule has 0 amide bonds. The summed E-state index contributed by atoms with van der Waals surface area (Å²) in [4.78, 5) is 12.2. The summed E-state index contributed by atoms with van der Waals surface area (Å²) >= 11 is 0.